The molecule has 108 valence electrons. The van der Waals surface area contributed by atoms with Gasteiger partial charge < -0.3 is 0 Å². The fraction of sp³-hybridized carbons (Fsp3) is 0. The minimum atomic E-state index is -3.66. The van der Waals surface area contributed by atoms with E-state index in [1.165, 1.54) is 48.5 Å². The van der Waals surface area contributed by atoms with Gasteiger partial charge in [-0.05, 0) is 48.5 Å². The van der Waals surface area contributed by atoms with Crippen LogP contribution in [-0.2, 0) is 32.8 Å². The van der Waals surface area contributed by atoms with Crippen LogP contribution < -0.4 is 0 Å². The van der Waals surface area contributed by atoms with E-state index in [4.69, 9.17) is 0 Å². The number of rotatable bonds is 4. The predicted molar refractivity (Wildman–Crippen MR) is 78.8 cm³/mol. The molecular weight excluding hydrogens is 332 g/mol. The molecule has 2 aromatic rings. The highest BCUT2D eigenvalue weighted by Gasteiger charge is 2.17. The molecule has 2 rings (SSSR count). The van der Waals surface area contributed by atoms with Gasteiger partial charge in [0.1, 0.15) is 0 Å². The van der Waals surface area contributed by atoms with Gasteiger partial charge in [0.2, 0.25) is 32.8 Å². The van der Waals surface area contributed by atoms with Gasteiger partial charge in [-0.25, -0.2) is 8.42 Å². The summed E-state index contributed by atoms with van der Waals surface area (Å²) in [4.78, 5) is 0.195. The van der Waals surface area contributed by atoms with Crippen molar-refractivity contribution in [2.24, 2.45) is 8.73 Å². The standard InChI is InChI=1S/C12H8N2O4S3/c15-19-13-9-1-5-11(6-2-9)21(17,18)12-7-3-10(4-8-12)14-20-16/h1-8H. The zero-order chi connectivity index (χ0) is 15.3. The Morgan fingerprint density at radius 3 is 1.29 bits per heavy atom. The van der Waals surface area contributed by atoms with Crippen molar-refractivity contribution in [3.05, 3.63) is 48.5 Å². The highest BCUT2D eigenvalue weighted by atomic mass is 32.2. The summed E-state index contributed by atoms with van der Waals surface area (Å²) in [6, 6.07) is 11.4. The Balaban J connectivity index is 2.41. The Labute approximate surface area is 128 Å². The minimum absolute atomic E-state index is 0.0583. The summed E-state index contributed by atoms with van der Waals surface area (Å²) in [5, 5.41) is 0. The quantitative estimate of drug-likeness (QED) is 0.855. The summed E-state index contributed by atoms with van der Waals surface area (Å²) in [6.07, 6.45) is 0. The van der Waals surface area contributed by atoms with Crippen LogP contribution in [0.5, 0.6) is 0 Å². The van der Waals surface area contributed by atoms with Crippen molar-refractivity contribution in [1.82, 2.24) is 0 Å². The third-order valence-corrected chi connectivity index (χ3v) is 4.94. The molecule has 6 nitrogen and oxygen atoms in total. The van der Waals surface area contributed by atoms with Gasteiger partial charge >= 0.3 is 0 Å². The molecule has 0 aliphatic heterocycles. The van der Waals surface area contributed by atoms with Gasteiger partial charge in [0, 0.05) is 0 Å². The number of nitrogens with zero attached hydrogens (tertiary/aromatic N) is 2. The third kappa shape index (κ3) is 3.57. The molecule has 9 heteroatoms. The number of hydrogen-bond acceptors (Lipinski definition) is 6. The SMILES string of the molecule is O=S=Nc1ccc(S(=O)(=O)c2ccc(N=S=O)cc2)cc1. The average Bonchev–Trinajstić information content (AvgIpc) is 2.49. The van der Waals surface area contributed by atoms with Crippen molar-refractivity contribution in [2.45, 2.75) is 9.79 Å². The van der Waals surface area contributed by atoms with Gasteiger partial charge in [-0.1, -0.05) is 0 Å². The van der Waals surface area contributed by atoms with Gasteiger partial charge in [-0.2, -0.15) is 17.1 Å². The Morgan fingerprint density at radius 1 is 0.667 bits per heavy atom. The molecule has 0 spiro atoms. The van der Waals surface area contributed by atoms with E-state index in [1.54, 1.807) is 0 Å². The fourth-order valence-electron chi connectivity index (χ4n) is 1.59. The van der Waals surface area contributed by atoms with E-state index in [-0.39, 0.29) is 32.7 Å². The Hall–Kier alpha value is -1.97. The molecule has 0 aliphatic rings. The summed E-state index contributed by atoms with van der Waals surface area (Å²) >= 11 is 0.117. The molecule has 0 saturated carbocycles. The molecule has 0 amide bonds. The number of sulfone groups is 1. The van der Waals surface area contributed by atoms with Crippen molar-refractivity contribution in [3.8, 4) is 0 Å². The first-order valence-corrected chi connectivity index (χ1v) is 8.41. The molecule has 0 radical (unpaired) electrons. The lowest BCUT2D eigenvalue weighted by Crippen LogP contribution is -2.01. The van der Waals surface area contributed by atoms with Gasteiger partial charge in [-0.3, -0.25) is 0 Å². The van der Waals surface area contributed by atoms with E-state index >= 15 is 0 Å². The summed E-state index contributed by atoms with van der Waals surface area (Å²) < 4.78 is 52.4. The first-order valence-electron chi connectivity index (χ1n) is 5.53. The van der Waals surface area contributed by atoms with Crippen molar-refractivity contribution < 1.29 is 16.8 Å². The summed E-state index contributed by atoms with van der Waals surface area (Å²) in [7, 11) is -3.66. The second kappa shape index (κ2) is 6.66. The summed E-state index contributed by atoms with van der Waals surface area (Å²) in [5.74, 6) is 0. The molecule has 0 saturated heterocycles. The van der Waals surface area contributed by atoms with Crippen LogP contribution in [0.4, 0.5) is 11.4 Å². The van der Waals surface area contributed by atoms with Crippen LogP contribution in [0.3, 0.4) is 0 Å². The van der Waals surface area contributed by atoms with Crippen LogP contribution >= 0.6 is 0 Å². The fourth-order valence-corrected chi connectivity index (χ4v) is 3.27. The first-order chi connectivity index (χ1) is 10.1. The Kier molecular flexibility index (Phi) is 4.89. The van der Waals surface area contributed by atoms with E-state index < -0.39 is 9.84 Å². The van der Waals surface area contributed by atoms with Crippen molar-refractivity contribution in [1.29, 1.82) is 0 Å². The monoisotopic (exact) mass is 340 g/mol. The van der Waals surface area contributed by atoms with Crippen LogP contribution in [0, 0.1) is 0 Å². The molecule has 0 unspecified atom stereocenters. The zero-order valence-corrected chi connectivity index (χ0v) is 12.8. The molecule has 21 heavy (non-hydrogen) atoms. The topological polar surface area (TPSA) is 93.0 Å². The molecule has 0 aromatic heterocycles. The van der Waals surface area contributed by atoms with Gasteiger partial charge in [-0.15, -0.1) is 0 Å². The Bertz CT molecular complexity index is 781. The van der Waals surface area contributed by atoms with E-state index in [1.807, 2.05) is 0 Å². The minimum Gasteiger partial charge on any atom is -0.219 e. The largest absolute Gasteiger partial charge is 0.219 e. The van der Waals surface area contributed by atoms with Crippen molar-refractivity contribution >= 4 is 44.1 Å². The first kappa shape index (κ1) is 15.4. The molecule has 0 fully saturated rings. The molecule has 0 atom stereocenters. The molecule has 0 bridgehead atoms. The molecule has 2 aromatic carbocycles. The van der Waals surface area contributed by atoms with E-state index in [9.17, 15) is 16.8 Å². The molecular formula is C12H8N2O4S3. The Morgan fingerprint density at radius 2 is 1.00 bits per heavy atom. The zero-order valence-electron chi connectivity index (χ0n) is 10.4. The lowest BCUT2D eigenvalue weighted by atomic mass is 10.3. The maximum absolute atomic E-state index is 12.4. The second-order valence-corrected chi connectivity index (χ2v) is 6.44. The van der Waals surface area contributed by atoms with Crippen molar-refractivity contribution in [3.63, 3.8) is 0 Å². The maximum atomic E-state index is 12.4. The summed E-state index contributed by atoms with van der Waals surface area (Å²) in [5.41, 5.74) is 0.797. The van der Waals surface area contributed by atoms with Crippen LogP contribution in [-0.4, -0.2) is 16.8 Å². The third-order valence-electron chi connectivity index (χ3n) is 2.58. The van der Waals surface area contributed by atoms with Crippen LogP contribution in [0.1, 0.15) is 0 Å². The number of hydrogen-bond donors (Lipinski definition) is 0. The van der Waals surface area contributed by atoms with Crippen LogP contribution in [0.25, 0.3) is 0 Å². The lowest BCUT2D eigenvalue weighted by Gasteiger charge is -2.04. The highest BCUT2D eigenvalue weighted by molar-refractivity contribution is 7.91. The van der Waals surface area contributed by atoms with Crippen LogP contribution in [0.15, 0.2) is 67.0 Å². The van der Waals surface area contributed by atoms with E-state index in [2.05, 4.69) is 8.73 Å². The predicted octanol–water partition coefficient (Wildman–Crippen LogP) is 2.58. The second-order valence-electron chi connectivity index (χ2n) is 3.82. The highest BCUT2D eigenvalue weighted by Crippen LogP contribution is 2.24. The smallest absolute Gasteiger partial charge is 0.206 e. The molecule has 0 aliphatic carbocycles. The van der Waals surface area contributed by atoms with E-state index in [0.717, 1.165) is 0 Å². The lowest BCUT2D eigenvalue weighted by molar-refractivity contribution is 0.596. The summed E-state index contributed by atoms with van der Waals surface area (Å²) in [6.45, 7) is 0. The van der Waals surface area contributed by atoms with Gasteiger partial charge in [0.25, 0.3) is 0 Å². The normalized spacial score (nSPS) is 10.7. The maximum Gasteiger partial charge on any atom is 0.206 e. The van der Waals surface area contributed by atoms with E-state index in [0.29, 0.717) is 11.4 Å². The molecule has 0 N–H and O–H groups in total. The van der Waals surface area contributed by atoms with Gasteiger partial charge in [0.05, 0.1) is 21.2 Å². The van der Waals surface area contributed by atoms with Crippen LogP contribution in [0.2, 0.25) is 0 Å². The number of benzene rings is 2. The average molecular weight is 340 g/mol. The van der Waals surface area contributed by atoms with Crippen molar-refractivity contribution in [2.75, 3.05) is 0 Å². The van der Waals surface area contributed by atoms with Gasteiger partial charge in [0.15, 0.2) is 0 Å². The molecule has 0 heterocycles.